The van der Waals surface area contributed by atoms with Crippen LogP contribution in [-0.2, 0) is 13.0 Å². The zero-order valence-corrected chi connectivity index (χ0v) is 14.7. The molecule has 0 aliphatic heterocycles. The maximum absolute atomic E-state index is 11.0. The molecule has 0 radical (unpaired) electrons. The van der Waals surface area contributed by atoms with Crippen molar-refractivity contribution >= 4 is 23.3 Å². The first-order valence-corrected chi connectivity index (χ1v) is 8.70. The smallest absolute Gasteiger partial charge is 0.335 e. The zero-order chi connectivity index (χ0) is 18.5. The van der Waals surface area contributed by atoms with Gasteiger partial charge in [-0.05, 0) is 61.6 Å². The molecule has 26 heavy (non-hydrogen) atoms. The fraction of sp³-hybridized carbons (Fsp3) is 0.300. The lowest BCUT2D eigenvalue weighted by molar-refractivity contribution is 0.0696. The average molecular weight is 351 g/mol. The molecule has 0 saturated heterocycles. The molecule has 0 aliphatic rings. The number of hydrogen-bond donors (Lipinski definition) is 1. The van der Waals surface area contributed by atoms with Gasteiger partial charge in [0.25, 0.3) is 0 Å². The fourth-order valence-corrected chi connectivity index (χ4v) is 3.06. The van der Waals surface area contributed by atoms with Crippen LogP contribution in [0.15, 0.2) is 36.4 Å². The molecule has 134 valence electrons. The van der Waals surface area contributed by atoms with Crippen molar-refractivity contribution in [2.45, 2.75) is 39.2 Å². The van der Waals surface area contributed by atoms with Crippen LogP contribution in [0.3, 0.4) is 0 Å². The van der Waals surface area contributed by atoms with E-state index in [1.165, 1.54) is 0 Å². The molecule has 0 unspecified atom stereocenters. The number of unbranched alkanes of at least 4 members (excludes halogenated alkanes) is 2. The van der Waals surface area contributed by atoms with Crippen LogP contribution in [0.4, 0.5) is 0 Å². The van der Waals surface area contributed by atoms with E-state index >= 15 is 0 Å². The monoisotopic (exact) mass is 351 g/mol. The molecule has 2 aromatic carbocycles. The third kappa shape index (κ3) is 3.79. The van der Waals surface area contributed by atoms with Gasteiger partial charge in [-0.2, -0.15) is 0 Å². The van der Waals surface area contributed by atoms with Gasteiger partial charge in [-0.3, -0.25) is 4.79 Å². The number of rotatable bonds is 8. The van der Waals surface area contributed by atoms with E-state index in [0.717, 1.165) is 60.7 Å². The summed E-state index contributed by atoms with van der Waals surface area (Å²) < 4.78 is 1.89. The van der Waals surface area contributed by atoms with E-state index in [0.29, 0.717) is 11.1 Å². The van der Waals surface area contributed by atoms with Crippen molar-refractivity contribution in [1.82, 2.24) is 15.0 Å². The Labute approximate surface area is 151 Å². The Bertz CT molecular complexity index is 929. The molecule has 0 aliphatic carbocycles. The first-order valence-electron chi connectivity index (χ1n) is 8.70. The van der Waals surface area contributed by atoms with Gasteiger partial charge < -0.3 is 5.11 Å². The molecule has 3 aromatic rings. The summed E-state index contributed by atoms with van der Waals surface area (Å²) in [5.74, 6) is -0.896. The molecule has 0 spiro atoms. The summed E-state index contributed by atoms with van der Waals surface area (Å²) >= 11 is 0. The first-order chi connectivity index (χ1) is 12.6. The van der Waals surface area contributed by atoms with Gasteiger partial charge in [0.15, 0.2) is 0 Å². The van der Waals surface area contributed by atoms with Gasteiger partial charge >= 0.3 is 5.97 Å². The molecule has 6 heteroatoms. The number of benzene rings is 2. The number of aryl methyl sites for hydroxylation is 3. The Morgan fingerprint density at radius 2 is 1.88 bits per heavy atom. The van der Waals surface area contributed by atoms with Crippen molar-refractivity contribution in [3.05, 3.63) is 58.7 Å². The van der Waals surface area contributed by atoms with E-state index in [1.807, 2.05) is 35.9 Å². The van der Waals surface area contributed by atoms with Crippen LogP contribution in [0.5, 0.6) is 0 Å². The predicted octanol–water partition coefficient (Wildman–Crippen LogP) is 3.66. The molecule has 1 aromatic heterocycles. The van der Waals surface area contributed by atoms with Gasteiger partial charge in [0.1, 0.15) is 11.8 Å². The fourth-order valence-electron chi connectivity index (χ4n) is 3.06. The van der Waals surface area contributed by atoms with Crippen molar-refractivity contribution in [2.24, 2.45) is 0 Å². The number of carbonyl (C=O) groups excluding carboxylic acids is 1. The summed E-state index contributed by atoms with van der Waals surface area (Å²) in [6, 6.07) is 10.8. The van der Waals surface area contributed by atoms with E-state index in [-0.39, 0.29) is 0 Å². The maximum atomic E-state index is 11.0. The van der Waals surface area contributed by atoms with E-state index < -0.39 is 5.97 Å². The third-order valence-electron chi connectivity index (χ3n) is 4.65. The molecule has 3 rings (SSSR count). The van der Waals surface area contributed by atoms with E-state index in [1.54, 1.807) is 12.1 Å². The minimum absolute atomic E-state index is 0.319. The zero-order valence-electron chi connectivity index (χ0n) is 14.7. The van der Waals surface area contributed by atoms with Crippen molar-refractivity contribution < 1.29 is 14.7 Å². The third-order valence-corrected chi connectivity index (χ3v) is 4.65. The lowest BCUT2D eigenvalue weighted by Crippen LogP contribution is -2.01. The number of carboxylic acids is 1. The molecule has 1 N–H and O–H groups in total. The minimum Gasteiger partial charge on any atom is -0.478 e. The molecule has 0 atom stereocenters. The Hall–Kier alpha value is -3.02. The summed E-state index contributed by atoms with van der Waals surface area (Å²) in [7, 11) is 0. The number of aromatic carboxylic acids is 1. The lowest BCUT2D eigenvalue weighted by atomic mass is 10.1. The van der Waals surface area contributed by atoms with Crippen molar-refractivity contribution in [2.75, 3.05) is 0 Å². The van der Waals surface area contributed by atoms with Gasteiger partial charge in [0.05, 0.1) is 11.1 Å². The van der Waals surface area contributed by atoms with Gasteiger partial charge in [-0.1, -0.05) is 23.8 Å². The van der Waals surface area contributed by atoms with Crippen LogP contribution in [0, 0.1) is 6.92 Å². The van der Waals surface area contributed by atoms with E-state index in [2.05, 4.69) is 10.3 Å². The van der Waals surface area contributed by atoms with E-state index in [9.17, 15) is 9.59 Å². The molecule has 0 fully saturated rings. The molecular weight excluding hydrogens is 330 g/mol. The number of aromatic nitrogens is 3. The highest BCUT2D eigenvalue weighted by Crippen LogP contribution is 2.19. The number of nitrogens with zero attached hydrogens (tertiary/aromatic N) is 3. The quantitative estimate of drug-likeness (QED) is 0.494. The van der Waals surface area contributed by atoms with Crippen LogP contribution < -0.4 is 0 Å². The molecule has 6 nitrogen and oxygen atoms in total. The highest BCUT2D eigenvalue weighted by atomic mass is 16.4. The normalized spacial score (nSPS) is 11.0. The Morgan fingerprint density at radius 1 is 1.12 bits per heavy atom. The van der Waals surface area contributed by atoms with Crippen LogP contribution in [0.2, 0.25) is 0 Å². The highest BCUT2D eigenvalue weighted by Gasteiger charge is 2.09. The number of carboxylic acid groups (broad SMARTS) is 1. The van der Waals surface area contributed by atoms with Gasteiger partial charge in [-0.15, -0.1) is 5.10 Å². The van der Waals surface area contributed by atoms with Crippen LogP contribution >= 0.6 is 0 Å². The molecule has 0 amide bonds. The second kappa shape index (κ2) is 7.91. The van der Waals surface area contributed by atoms with Crippen LogP contribution in [-0.4, -0.2) is 32.4 Å². The summed E-state index contributed by atoms with van der Waals surface area (Å²) in [5, 5.41) is 17.3. The Balaban J connectivity index is 1.51. The summed E-state index contributed by atoms with van der Waals surface area (Å²) in [6.45, 7) is 2.68. The Morgan fingerprint density at radius 3 is 2.58 bits per heavy atom. The summed E-state index contributed by atoms with van der Waals surface area (Å²) in [6.07, 6.45) is 4.84. The summed E-state index contributed by atoms with van der Waals surface area (Å²) in [4.78, 5) is 21.8. The minimum atomic E-state index is -0.896. The molecular formula is C20H21N3O3. The SMILES string of the molecule is Cc1c(C=O)ccc2c1nnn2CCCCCc1ccc(C(=O)O)cc1. The van der Waals surface area contributed by atoms with E-state index in [4.69, 9.17) is 5.11 Å². The van der Waals surface area contributed by atoms with Crippen LogP contribution in [0.25, 0.3) is 11.0 Å². The molecule has 1 heterocycles. The lowest BCUT2D eigenvalue weighted by Gasteiger charge is -2.05. The van der Waals surface area contributed by atoms with Gasteiger partial charge in [0, 0.05) is 12.1 Å². The number of hydrogen-bond acceptors (Lipinski definition) is 4. The topological polar surface area (TPSA) is 85.1 Å². The second-order valence-corrected chi connectivity index (χ2v) is 6.39. The Kier molecular flexibility index (Phi) is 5.41. The standard InChI is InChI=1S/C20H21N3O3/c1-14-17(13-24)10-11-18-19(14)21-22-23(18)12-4-2-3-5-15-6-8-16(9-7-15)20(25)26/h6-11,13H,2-5,12H2,1H3,(H,25,26). The molecule has 0 saturated carbocycles. The number of fused-ring (bicyclic) bond motifs is 1. The van der Waals surface area contributed by atoms with Crippen molar-refractivity contribution in [1.29, 1.82) is 0 Å². The predicted molar refractivity (Wildman–Crippen MR) is 98.6 cm³/mol. The van der Waals surface area contributed by atoms with Gasteiger partial charge in [0.2, 0.25) is 0 Å². The largest absolute Gasteiger partial charge is 0.478 e. The van der Waals surface area contributed by atoms with Crippen molar-refractivity contribution in [3.63, 3.8) is 0 Å². The molecule has 0 bridgehead atoms. The first kappa shape index (κ1) is 17.8. The summed E-state index contributed by atoms with van der Waals surface area (Å²) in [5.41, 5.74) is 4.73. The second-order valence-electron chi connectivity index (χ2n) is 6.39. The van der Waals surface area contributed by atoms with Crippen molar-refractivity contribution in [3.8, 4) is 0 Å². The number of carbonyl (C=O) groups is 2. The van der Waals surface area contributed by atoms with Gasteiger partial charge in [-0.25, -0.2) is 9.48 Å². The number of aldehydes is 1. The highest BCUT2D eigenvalue weighted by molar-refractivity contribution is 5.88. The average Bonchev–Trinajstić information content (AvgIpc) is 3.06. The maximum Gasteiger partial charge on any atom is 0.335 e. The van der Waals surface area contributed by atoms with Crippen LogP contribution in [0.1, 0.15) is 51.1 Å².